The Labute approximate surface area is 125 Å². The van der Waals surface area contributed by atoms with E-state index in [-0.39, 0.29) is 5.69 Å². The van der Waals surface area contributed by atoms with Gasteiger partial charge in [0.05, 0.1) is 19.9 Å². The summed E-state index contributed by atoms with van der Waals surface area (Å²) in [5.41, 5.74) is -1.68. The molecule has 0 radical (unpaired) electrons. The van der Waals surface area contributed by atoms with Crippen molar-refractivity contribution in [2.24, 2.45) is 0 Å². The van der Waals surface area contributed by atoms with Crippen LogP contribution < -0.4 is 25.4 Å². The van der Waals surface area contributed by atoms with Gasteiger partial charge in [-0.15, -0.1) is 0 Å². The van der Waals surface area contributed by atoms with Crippen LogP contribution in [0, 0.1) is 0 Å². The normalized spacial score (nSPS) is 11.0. The van der Waals surface area contributed by atoms with E-state index in [1.807, 2.05) is 4.98 Å². The molecule has 0 saturated carbocycles. The minimum Gasteiger partial charge on any atom is -0.497 e. The predicted molar refractivity (Wildman–Crippen MR) is 78.0 cm³/mol. The molecule has 2 aromatic rings. The van der Waals surface area contributed by atoms with Crippen LogP contribution in [0.1, 0.15) is 0 Å². The van der Waals surface area contributed by atoms with E-state index in [4.69, 9.17) is 9.47 Å². The molecule has 10 heteroatoms. The molecule has 0 unspecified atom stereocenters. The highest BCUT2D eigenvalue weighted by atomic mass is 32.2. The van der Waals surface area contributed by atoms with Gasteiger partial charge < -0.3 is 14.5 Å². The SMILES string of the molecule is COc1cc(NS(=O)(=O)c2c[nH]c(=O)[nH]c2=O)cc(OC)c1. The molecule has 0 aliphatic rings. The first-order chi connectivity index (χ1) is 10.4. The number of aromatic nitrogens is 2. The van der Waals surface area contributed by atoms with Crippen molar-refractivity contribution in [2.75, 3.05) is 18.9 Å². The Bertz CT molecular complexity index is 877. The van der Waals surface area contributed by atoms with Gasteiger partial charge in [0.1, 0.15) is 11.5 Å². The lowest BCUT2D eigenvalue weighted by Gasteiger charge is -2.10. The van der Waals surface area contributed by atoms with Gasteiger partial charge in [-0.05, 0) is 0 Å². The number of ether oxygens (including phenoxy) is 2. The van der Waals surface area contributed by atoms with Crippen molar-refractivity contribution in [1.82, 2.24) is 9.97 Å². The monoisotopic (exact) mass is 327 g/mol. The molecule has 0 bridgehead atoms. The molecule has 9 nitrogen and oxygen atoms in total. The summed E-state index contributed by atoms with van der Waals surface area (Å²) in [5, 5.41) is 0. The smallest absolute Gasteiger partial charge is 0.325 e. The van der Waals surface area contributed by atoms with Gasteiger partial charge in [0.25, 0.3) is 15.6 Å². The number of hydrogen-bond acceptors (Lipinski definition) is 6. The first-order valence-electron chi connectivity index (χ1n) is 5.93. The molecule has 1 heterocycles. The molecule has 2 rings (SSSR count). The standard InChI is InChI=1S/C12H13N3O6S/c1-20-8-3-7(4-9(5-8)21-2)15-22(18,19)10-6-13-12(17)14-11(10)16/h3-6,15H,1-2H3,(H2,13,14,16,17). The Hall–Kier alpha value is -2.75. The van der Waals surface area contributed by atoms with Crippen molar-refractivity contribution in [3.8, 4) is 11.5 Å². The maximum absolute atomic E-state index is 12.2. The van der Waals surface area contributed by atoms with E-state index in [0.717, 1.165) is 6.20 Å². The second-order valence-electron chi connectivity index (χ2n) is 4.14. The number of benzene rings is 1. The Morgan fingerprint density at radius 3 is 2.14 bits per heavy atom. The molecule has 0 spiro atoms. The van der Waals surface area contributed by atoms with Crippen molar-refractivity contribution in [1.29, 1.82) is 0 Å². The molecule has 0 saturated heterocycles. The summed E-state index contributed by atoms with van der Waals surface area (Å²) in [5.74, 6) is 0.736. The number of rotatable bonds is 5. The molecule has 0 atom stereocenters. The van der Waals surface area contributed by atoms with Gasteiger partial charge in [0, 0.05) is 24.4 Å². The van der Waals surface area contributed by atoms with Crippen molar-refractivity contribution in [3.63, 3.8) is 0 Å². The quantitative estimate of drug-likeness (QED) is 0.702. The van der Waals surface area contributed by atoms with Crippen LogP contribution in [0.2, 0.25) is 0 Å². The van der Waals surface area contributed by atoms with Crippen molar-refractivity contribution >= 4 is 15.7 Å². The van der Waals surface area contributed by atoms with Crippen LogP contribution in [0.5, 0.6) is 11.5 Å². The highest BCUT2D eigenvalue weighted by Crippen LogP contribution is 2.26. The van der Waals surface area contributed by atoms with Gasteiger partial charge in [-0.25, -0.2) is 13.2 Å². The van der Waals surface area contributed by atoms with Crippen LogP contribution in [0.3, 0.4) is 0 Å². The Morgan fingerprint density at radius 2 is 1.64 bits per heavy atom. The topological polar surface area (TPSA) is 130 Å². The lowest BCUT2D eigenvalue weighted by Crippen LogP contribution is -2.29. The summed E-state index contributed by atoms with van der Waals surface area (Å²) in [6.45, 7) is 0. The van der Waals surface area contributed by atoms with E-state index in [1.54, 1.807) is 6.07 Å². The number of H-pyrrole nitrogens is 2. The molecule has 3 N–H and O–H groups in total. The van der Waals surface area contributed by atoms with Crippen LogP contribution in [-0.4, -0.2) is 32.6 Å². The van der Waals surface area contributed by atoms with Gasteiger partial charge in [0.2, 0.25) is 0 Å². The largest absolute Gasteiger partial charge is 0.497 e. The molecule has 0 fully saturated rings. The van der Waals surface area contributed by atoms with Crippen molar-refractivity contribution in [3.05, 3.63) is 45.2 Å². The third kappa shape index (κ3) is 3.28. The fraction of sp³-hybridized carbons (Fsp3) is 0.167. The van der Waals surface area contributed by atoms with Crippen molar-refractivity contribution < 1.29 is 17.9 Å². The lowest BCUT2D eigenvalue weighted by molar-refractivity contribution is 0.395. The summed E-state index contributed by atoms with van der Waals surface area (Å²) in [4.78, 5) is 25.8. The Kier molecular flexibility index (Phi) is 4.22. The first kappa shape index (κ1) is 15.6. The Morgan fingerprint density at radius 1 is 1.05 bits per heavy atom. The molecule has 1 aromatic carbocycles. The van der Waals surface area contributed by atoms with Gasteiger partial charge in [-0.2, -0.15) is 0 Å². The number of nitrogens with one attached hydrogen (secondary N) is 3. The van der Waals surface area contributed by atoms with Crippen LogP contribution >= 0.6 is 0 Å². The molecular weight excluding hydrogens is 314 g/mol. The second-order valence-corrected chi connectivity index (χ2v) is 5.79. The number of sulfonamides is 1. The molecule has 118 valence electrons. The minimum atomic E-state index is -4.19. The van der Waals surface area contributed by atoms with E-state index < -0.39 is 26.2 Å². The summed E-state index contributed by atoms with van der Waals surface area (Å²) in [6, 6.07) is 4.39. The van der Waals surface area contributed by atoms with Crippen LogP contribution in [0.4, 0.5) is 5.69 Å². The average molecular weight is 327 g/mol. The number of anilines is 1. The van der Waals surface area contributed by atoms with Crippen LogP contribution in [-0.2, 0) is 10.0 Å². The van der Waals surface area contributed by atoms with E-state index in [2.05, 4.69) is 9.71 Å². The van der Waals surface area contributed by atoms with Gasteiger partial charge in [-0.3, -0.25) is 14.5 Å². The zero-order valence-corrected chi connectivity index (χ0v) is 12.5. The Balaban J connectivity index is 2.44. The lowest BCUT2D eigenvalue weighted by atomic mass is 10.3. The number of aromatic amines is 2. The predicted octanol–water partition coefficient (Wildman–Crippen LogP) is -0.119. The fourth-order valence-electron chi connectivity index (χ4n) is 1.67. The van der Waals surface area contributed by atoms with E-state index >= 15 is 0 Å². The highest BCUT2D eigenvalue weighted by Gasteiger charge is 2.19. The molecule has 0 aliphatic carbocycles. The number of hydrogen-bond donors (Lipinski definition) is 3. The zero-order valence-electron chi connectivity index (χ0n) is 11.7. The van der Waals surface area contributed by atoms with E-state index in [0.29, 0.717) is 11.5 Å². The molecule has 22 heavy (non-hydrogen) atoms. The summed E-state index contributed by atoms with van der Waals surface area (Å²) in [6.07, 6.45) is 0.820. The van der Waals surface area contributed by atoms with Gasteiger partial charge in [-0.1, -0.05) is 0 Å². The highest BCUT2D eigenvalue weighted by molar-refractivity contribution is 7.92. The molecular formula is C12H13N3O6S. The van der Waals surface area contributed by atoms with Crippen LogP contribution in [0.15, 0.2) is 38.9 Å². The maximum Gasteiger partial charge on any atom is 0.325 e. The maximum atomic E-state index is 12.2. The van der Waals surface area contributed by atoms with Crippen LogP contribution in [0.25, 0.3) is 0 Å². The third-order valence-corrected chi connectivity index (χ3v) is 4.07. The third-order valence-electron chi connectivity index (χ3n) is 2.68. The molecule has 0 aliphatic heterocycles. The molecule has 0 amide bonds. The number of methoxy groups -OCH3 is 2. The second kappa shape index (κ2) is 5.93. The molecule has 1 aromatic heterocycles. The van der Waals surface area contributed by atoms with Gasteiger partial charge >= 0.3 is 5.69 Å². The summed E-state index contributed by atoms with van der Waals surface area (Å²) >= 11 is 0. The average Bonchev–Trinajstić information content (AvgIpc) is 2.45. The van der Waals surface area contributed by atoms with E-state index in [1.165, 1.54) is 26.4 Å². The zero-order chi connectivity index (χ0) is 16.3. The van der Waals surface area contributed by atoms with Gasteiger partial charge in [0.15, 0.2) is 4.90 Å². The summed E-state index contributed by atoms with van der Waals surface area (Å²) in [7, 11) is -1.35. The summed E-state index contributed by atoms with van der Waals surface area (Å²) < 4.78 is 36.7. The first-order valence-corrected chi connectivity index (χ1v) is 7.42. The fourth-order valence-corrected chi connectivity index (χ4v) is 2.72. The van der Waals surface area contributed by atoms with Crippen molar-refractivity contribution in [2.45, 2.75) is 4.90 Å². The van der Waals surface area contributed by atoms with E-state index in [9.17, 15) is 18.0 Å². The minimum absolute atomic E-state index is 0.141.